The lowest BCUT2D eigenvalue weighted by Gasteiger charge is -2.27. The van der Waals surface area contributed by atoms with Crippen LogP contribution in [0.4, 0.5) is 18.9 Å². The molecule has 1 saturated carbocycles. The smallest absolute Gasteiger partial charge is 0.392 e. The molecule has 0 bridgehead atoms. The quantitative estimate of drug-likeness (QED) is 0.379. The lowest BCUT2D eigenvalue weighted by atomic mass is 9.82. The molecule has 2 N–H and O–H groups in total. The van der Waals surface area contributed by atoms with Gasteiger partial charge in [-0.1, -0.05) is 61.2 Å². The highest BCUT2D eigenvalue weighted by atomic mass is 35.5. The Morgan fingerprint density at radius 2 is 1.65 bits per heavy atom. The number of carboxylic acid groups (broad SMARTS) is 1. The maximum absolute atomic E-state index is 13.6. The maximum atomic E-state index is 13.6. The van der Waals surface area contributed by atoms with Gasteiger partial charge in [0.1, 0.15) is 0 Å². The second-order valence-electron chi connectivity index (χ2n) is 8.84. The number of carbonyl (C=O) groups is 2. The molecule has 4 nitrogen and oxygen atoms in total. The van der Waals surface area contributed by atoms with Crippen molar-refractivity contribution in [2.75, 3.05) is 5.32 Å². The van der Waals surface area contributed by atoms with E-state index in [1.54, 1.807) is 18.2 Å². The van der Waals surface area contributed by atoms with Crippen molar-refractivity contribution in [3.63, 3.8) is 0 Å². The molecule has 3 atom stereocenters. The van der Waals surface area contributed by atoms with Crippen molar-refractivity contribution in [2.45, 2.75) is 57.0 Å². The highest BCUT2D eigenvalue weighted by molar-refractivity contribution is 6.33. The summed E-state index contributed by atoms with van der Waals surface area (Å²) in [4.78, 5) is 24.7. The van der Waals surface area contributed by atoms with Gasteiger partial charge in [0.25, 0.3) is 0 Å². The van der Waals surface area contributed by atoms with E-state index >= 15 is 0 Å². The van der Waals surface area contributed by atoms with Crippen molar-refractivity contribution in [1.29, 1.82) is 0 Å². The highest BCUT2D eigenvalue weighted by Crippen LogP contribution is 2.42. The molecule has 9 heteroatoms. The van der Waals surface area contributed by atoms with Crippen LogP contribution >= 0.6 is 23.2 Å². The lowest BCUT2D eigenvalue weighted by Crippen LogP contribution is -2.34. The van der Waals surface area contributed by atoms with Crippen molar-refractivity contribution in [1.82, 2.24) is 0 Å². The molecule has 3 rings (SSSR count). The Morgan fingerprint density at radius 3 is 2.21 bits per heavy atom. The van der Waals surface area contributed by atoms with Crippen LogP contribution in [0.2, 0.25) is 10.0 Å². The van der Waals surface area contributed by atoms with Crippen molar-refractivity contribution in [2.24, 2.45) is 11.8 Å². The molecule has 0 saturated heterocycles. The van der Waals surface area contributed by atoms with Crippen LogP contribution in [-0.2, 0) is 9.59 Å². The first-order chi connectivity index (χ1) is 16.0. The molecule has 2 aromatic carbocycles. The van der Waals surface area contributed by atoms with Gasteiger partial charge in [-0.05, 0) is 60.1 Å². The van der Waals surface area contributed by atoms with E-state index in [0.717, 1.165) is 32.6 Å². The van der Waals surface area contributed by atoms with Gasteiger partial charge in [0.15, 0.2) is 0 Å². The molecule has 0 spiro atoms. The van der Waals surface area contributed by atoms with Crippen molar-refractivity contribution < 1.29 is 27.9 Å². The Labute approximate surface area is 206 Å². The minimum atomic E-state index is -4.61. The summed E-state index contributed by atoms with van der Waals surface area (Å²) in [7, 11) is 0. The summed E-state index contributed by atoms with van der Waals surface area (Å²) in [6, 6.07) is 10.5. The second kappa shape index (κ2) is 11.0. The number of halogens is 5. The number of hydrogen-bond acceptors (Lipinski definition) is 2. The number of anilines is 1. The molecule has 0 heterocycles. The van der Waals surface area contributed by atoms with Gasteiger partial charge in [0.2, 0.25) is 5.91 Å². The van der Waals surface area contributed by atoms with E-state index in [1.165, 1.54) is 24.3 Å². The van der Waals surface area contributed by atoms with Crippen molar-refractivity contribution in [3.05, 3.63) is 63.6 Å². The number of hydrogen-bond donors (Lipinski definition) is 2. The summed E-state index contributed by atoms with van der Waals surface area (Å²) in [5, 5.41) is 12.5. The molecule has 0 aromatic heterocycles. The first-order valence-electron chi connectivity index (χ1n) is 11.1. The maximum Gasteiger partial charge on any atom is 0.392 e. The molecule has 34 heavy (non-hydrogen) atoms. The van der Waals surface area contributed by atoms with E-state index in [4.69, 9.17) is 23.2 Å². The first kappa shape index (κ1) is 26.4. The van der Waals surface area contributed by atoms with E-state index in [-0.39, 0.29) is 34.5 Å². The number of alkyl halides is 3. The largest absolute Gasteiger partial charge is 0.481 e. The summed E-state index contributed by atoms with van der Waals surface area (Å²) in [6.45, 7) is 0.958. The third kappa shape index (κ3) is 6.45. The van der Waals surface area contributed by atoms with Crippen LogP contribution in [0.1, 0.15) is 62.0 Å². The number of aliphatic carboxylic acids is 1. The van der Waals surface area contributed by atoms with Gasteiger partial charge in [-0.15, -0.1) is 0 Å². The second-order valence-corrected chi connectivity index (χ2v) is 9.68. The van der Waals surface area contributed by atoms with Crippen LogP contribution in [0.3, 0.4) is 0 Å². The van der Waals surface area contributed by atoms with E-state index < -0.39 is 29.9 Å². The van der Waals surface area contributed by atoms with E-state index in [0.29, 0.717) is 10.6 Å². The molecular formula is C25H26Cl2F3NO3. The van der Waals surface area contributed by atoms with Crippen LogP contribution in [0, 0.1) is 11.8 Å². The van der Waals surface area contributed by atoms with E-state index in [9.17, 15) is 27.9 Å². The Hall–Kier alpha value is -2.25. The molecule has 0 radical (unpaired) electrons. The minimum absolute atomic E-state index is 0.0712. The molecule has 1 aliphatic carbocycles. The number of amides is 1. The Morgan fingerprint density at radius 1 is 1.06 bits per heavy atom. The molecule has 1 amide bonds. The Balaban J connectivity index is 1.93. The molecular weight excluding hydrogens is 490 g/mol. The normalized spacial score (nSPS) is 17.2. The number of nitrogens with one attached hydrogen (secondary N) is 1. The summed E-state index contributed by atoms with van der Waals surface area (Å²) in [6.07, 6.45) is -0.819. The molecule has 0 aliphatic heterocycles. The minimum Gasteiger partial charge on any atom is -0.481 e. The van der Waals surface area contributed by atoms with Crippen LogP contribution in [0.5, 0.6) is 0 Å². The fraction of sp³-hybridized carbons (Fsp3) is 0.440. The van der Waals surface area contributed by atoms with E-state index in [2.05, 4.69) is 5.32 Å². The fourth-order valence-electron chi connectivity index (χ4n) is 4.71. The summed E-state index contributed by atoms with van der Waals surface area (Å²) >= 11 is 12.2. The lowest BCUT2D eigenvalue weighted by molar-refractivity contribution is -0.178. The van der Waals surface area contributed by atoms with Crippen LogP contribution < -0.4 is 5.32 Å². The average molecular weight is 516 g/mol. The van der Waals surface area contributed by atoms with E-state index in [1.807, 2.05) is 0 Å². The third-order valence-electron chi connectivity index (χ3n) is 6.57. The van der Waals surface area contributed by atoms with Gasteiger partial charge < -0.3 is 10.4 Å². The van der Waals surface area contributed by atoms with Gasteiger partial charge in [0, 0.05) is 5.02 Å². The molecule has 2 aromatic rings. The Kier molecular flexibility index (Phi) is 8.52. The van der Waals surface area contributed by atoms with Gasteiger partial charge in [-0.2, -0.15) is 13.2 Å². The number of rotatable bonds is 8. The van der Waals surface area contributed by atoms with Gasteiger partial charge in [-0.25, -0.2) is 0 Å². The molecule has 1 aliphatic rings. The first-order valence-corrected chi connectivity index (χ1v) is 11.9. The zero-order valence-electron chi connectivity index (χ0n) is 18.5. The SMILES string of the molecule is C[C@H]([C@H](C(=O)Nc1cc([C@H](CC(=O)O)C2CCCC2)ccc1Cl)c1ccc(Cl)cc1)C(F)(F)F. The average Bonchev–Trinajstić information content (AvgIpc) is 3.29. The standard InChI is InChI=1S/C25H26Cl2F3NO3/c1-14(25(28,29)30)23(16-6-9-18(26)10-7-16)24(34)31-21-12-17(8-11-20(21)27)19(13-22(32)33)15-4-2-3-5-15/h6-12,14-15,19,23H,2-5,13H2,1H3,(H,31,34)(H,32,33)/t14-,19-,23+/m1/s1. The Bertz CT molecular complexity index is 1020. The number of carboxylic acids is 1. The zero-order valence-corrected chi connectivity index (χ0v) is 20.1. The summed E-state index contributed by atoms with van der Waals surface area (Å²) in [5.41, 5.74) is 1.03. The topological polar surface area (TPSA) is 66.4 Å². The number of carbonyl (C=O) groups excluding carboxylic acids is 1. The van der Waals surface area contributed by atoms with Gasteiger partial charge in [0.05, 0.1) is 29.0 Å². The van der Waals surface area contributed by atoms with Crippen LogP contribution in [0.25, 0.3) is 0 Å². The summed E-state index contributed by atoms with van der Waals surface area (Å²) < 4.78 is 40.9. The fourth-order valence-corrected chi connectivity index (χ4v) is 5.00. The number of benzene rings is 2. The van der Waals surface area contributed by atoms with Crippen molar-refractivity contribution in [3.8, 4) is 0 Å². The predicted molar refractivity (Wildman–Crippen MR) is 126 cm³/mol. The predicted octanol–water partition coefficient (Wildman–Crippen LogP) is 7.66. The monoisotopic (exact) mass is 515 g/mol. The van der Waals surface area contributed by atoms with Crippen LogP contribution in [0.15, 0.2) is 42.5 Å². The molecule has 0 unspecified atom stereocenters. The summed E-state index contributed by atoms with van der Waals surface area (Å²) in [5.74, 6) is -5.36. The van der Waals surface area contributed by atoms with Gasteiger partial charge >= 0.3 is 12.1 Å². The zero-order chi connectivity index (χ0) is 25.0. The van der Waals surface area contributed by atoms with Gasteiger partial charge in [-0.3, -0.25) is 9.59 Å². The molecule has 184 valence electrons. The molecule has 1 fully saturated rings. The third-order valence-corrected chi connectivity index (χ3v) is 7.15. The highest BCUT2D eigenvalue weighted by Gasteiger charge is 2.45. The van der Waals surface area contributed by atoms with Crippen LogP contribution in [-0.4, -0.2) is 23.2 Å². The van der Waals surface area contributed by atoms with Crippen molar-refractivity contribution >= 4 is 40.8 Å².